The summed E-state index contributed by atoms with van der Waals surface area (Å²) in [7, 11) is -3.61. The highest BCUT2D eigenvalue weighted by molar-refractivity contribution is 7.89. The molecule has 1 aliphatic heterocycles. The van der Waals surface area contributed by atoms with Gasteiger partial charge in [-0.15, -0.1) is 10.2 Å². The molecule has 28 heavy (non-hydrogen) atoms. The Bertz CT molecular complexity index is 1120. The third kappa shape index (κ3) is 2.82. The fourth-order valence-electron chi connectivity index (χ4n) is 4.00. The first-order valence-electron chi connectivity index (χ1n) is 9.60. The number of sulfonamides is 1. The van der Waals surface area contributed by atoms with Crippen LogP contribution in [0, 0.1) is 13.8 Å². The number of rotatable bonds is 4. The standard InChI is InChI=1S/C18H22N6O3S/c1-11-17(12(2)27-22-11)28(25,26)23-9-7-14(8-10-23)18-20-19-16-6-5-15(13-3-4-13)21-24(16)18/h5-6,13-14H,3-4,7-10H2,1-2H3. The topological polar surface area (TPSA) is 106 Å². The van der Waals surface area contributed by atoms with E-state index in [2.05, 4.69) is 15.4 Å². The number of nitrogens with zero attached hydrogens (tertiary/aromatic N) is 6. The highest BCUT2D eigenvalue weighted by Crippen LogP contribution is 2.39. The van der Waals surface area contributed by atoms with Crippen molar-refractivity contribution in [2.45, 2.75) is 56.3 Å². The van der Waals surface area contributed by atoms with Crippen molar-refractivity contribution in [2.75, 3.05) is 13.1 Å². The summed E-state index contributed by atoms with van der Waals surface area (Å²) in [6.45, 7) is 4.13. The quantitative estimate of drug-likeness (QED) is 0.658. The van der Waals surface area contributed by atoms with Crippen LogP contribution in [-0.4, -0.2) is 50.8 Å². The Morgan fingerprint density at radius 2 is 1.79 bits per heavy atom. The molecule has 0 radical (unpaired) electrons. The maximum Gasteiger partial charge on any atom is 0.248 e. The molecule has 0 N–H and O–H groups in total. The van der Waals surface area contributed by atoms with Gasteiger partial charge < -0.3 is 4.52 Å². The Labute approximate surface area is 162 Å². The molecule has 3 aromatic heterocycles. The molecule has 0 amide bonds. The van der Waals surface area contributed by atoms with Gasteiger partial charge in [0.15, 0.2) is 17.2 Å². The van der Waals surface area contributed by atoms with Gasteiger partial charge in [0.2, 0.25) is 10.0 Å². The van der Waals surface area contributed by atoms with Gasteiger partial charge in [-0.1, -0.05) is 5.16 Å². The molecule has 4 heterocycles. The summed E-state index contributed by atoms with van der Waals surface area (Å²) >= 11 is 0. The molecule has 0 spiro atoms. The number of aryl methyl sites for hydroxylation is 2. The molecular weight excluding hydrogens is 380 g/mol. The SMILES string of the molecule is Cc1noc(C)c1S(=O)(=O)N1CCC(c2nnc3ccc(C4CC4)nn23)CC1. The molecule has 9 nitrogen and oxygen atoms in total. The molecule has 2 fully saturated rings. The fourth-order valence-corrected chi connectivity index (χ4v) is 5.76. The van der Waals surface area contributed by atoms with Gasteiger partial charge in [0, 0.05) is 24.9 Å². The molecule has 0 atom stereocenters. The van der Waals surface area contributed by atoms with Gasteiger partial charge in [-0.25, -0.2) is 8.42 Å². The summed E-state index contributed by atoms with van der Waals surface area (Å²) in [5, 5.41) is 17.1. The Morgan fingerprint density at radius 3 is 2.43 bits per heavy atom. The summed E-state index contributed by atoms with van der Waals surface area (Å²) in [5.41, 5.74) is 2.23. The number of hydrogen-bond acceptors (Lipinski definition) is 7. The average Bonchev–Trinajstić information content (AvgIpc) is 3.36. The van der Waals surface area contributed by atoms with Crippen molar-refractivity contribution in [3.05, 3.63) is 35.1 Å². The van der Waals surface area contributed by atoms with Crippen LogP contribution in [0.3, 0.4) is 0 Å². The molecule has 1 aliphatic carbocycles. The zero-order chi connectivity index (χ0) is 19.5. The highest BCUT2D eigenvalue weighted by atomic mass is 32.2. The number of fused-ring (bicyclic) bond motifs is 1. The van der Waals surface area contributed by atoms with Crippen LogP contribution in [0.5, 0.6) is 0 Å². The summed E-state index contributed by atoms with van der Waals surface area (Å²) in [6, 6.07) is 4.00. The molecule has 3 aromatic rings. The Balaban J connectivity index is 1.38. The first kappa shape index (κ1) is 17.7. The molecule has 0 unspecified atom stereocenters. The van der Waals surface area contributed by atoms with E-state index in [0.717, 1.165) is 17.2 Å². The second-order valence-electron chi connectivity index (χ2n) is 7.69. The van der Waals surface area contributed by atoms with Crippen molar-refractivity contribution in [1.82, 2.24) is 29.3 Å². The summed E-state index contributed by atoms with van der Waals surface area (Å²) < 4.78 is 34.4. The zero-order valence-electron chi connectivity index (χ0n) is 15.9. The van der Waals surface area contributed by atoms with E-state index in [0.29, 0.717) is 43.3 Å². The molecule has 1 saturated carbocycles. The normalized spacial score (nSPS) is 19.5. The second-order valence-corrected chi connectivity index (χ2v) is 9.57. The zero-order valence-corrected chi connectivity index (χ0v) is 16.7. The van der Waals surface area contributed by atoms with E-state index < -0.39 is 10.0 Å². The summed E-state index contributed by atoms with van der Waals surface area (Å²) in [6.07, 6.45) is 3.74. The first-order valence-corrected chi connectivity index (χ1v) is 11.0. The minimum atomic E-state index is -3.61. The van der Waals surface area contributed by atoms with Gasteiger partial charge in [0.05, 0.1) is 5.69 Å². The van der Waals surface area contributed by atoms with Gasteiger partial charge in [0.1, 0.15) is 10.6 Å². The van der Waals surface area contributed by atoms with E-state index in [9.17, 15) is 8.42 Å². The lowest BCUT2D eigenvalue weighted by Crippen LogP contribution is -2.38. The molecular formula is C18H22N6O3S. The predicted octanol–water partition coefficient (Wildman–Crippen LogP) is 2.17. The smallest absolute Gasteiger partial charge is 0.248 e. The Hall–Kier alpha value is -2.33. The average molecular weight is 402 g/mol. The minimum Gasteiger partial charge on any atom is -0.360 e. The molecule has 1 saturated heterocycles. The van der Waals surface area contributed by atoms with E-state index in [-0.39, 0.29) is 10.8 Å². The molecule has 2 aliphatic rings. The minimum absolute atomic E-state index is 0.132. The van der Waals surface area contributed by atoms with E-state index in [1.165, 1.54) is 17.1 Å². The maximum absolute atomic E-state index is 13.0. The first-order chi connectivity index (χ1) is 13.4. The molecule has 148 valence electrons. The van der Waals surface area contributed by atoms with Gasteiger partial charge in [-0.3, -0.25) is 0 Å². The number of aromatic nitrogens is 5. The molecule has 10 heteroatoms. The second kappa shape index (κ2) is 6.35. The molecule has 5 rings (SSSR count). The third-order valence-electron chi connectivity index (χ3n) is 5.69. The molecule has 0 bridgehead atoms. The Morgan fingerprint density at radius 1 is 1.04 bits per heavy atom. The number of hydrogen-bond donors (Lipinski definition) is 0. The van der Waals surface area contributed by atoms with Crippen molar-refractivity contribution in [1.29, 1.82) is 0 Å². The van der Waals surface area contributed by atoms with Crippen LogP contribution in [0.1, 0.15) is 60.5 Å². The van der Waals surface area contributed by atoms with E-state index in [1.807, 2.05) is 16.6 Å². The van der Waals surface area contributed by atoms with Gasteiger partial charge in [0.25, 0.3) is 0 Å². The van der Waals surface area contributed by atoms with Crippen LogP contribution >= 0.6 is 0 Å². The van der Waals surface area contributed by atoms with E-state index in [4.69, 9.17) is 9.62 Å². The number of piperidine rings is 1. The van der Waals surface area contributed by atoms with Crippen molar-refractivity contribution in [2.24, 2.45) is 0 Å². The van der Waals surface area contributed by atoms with Crippen LogP contribution < -0.4 is 0 Å². The summed E-state index contributed by atoms with van der Waals surface area (Å²) in [4.78, 5) is 0.189. The van der Waals surface area contributed by atoms with E-state index >= 15 is 0 Å². The van der Waals surface area contributed by atoms with Crippen LogP contribution in [0.25, 0.3) is 5.65 Å². The molecule has 0 aromatic carbocycles. The van der Waals surface area contributed by atoms with Crippen LogP contribution in [0.4, 0.5) is 0 Å². The van der Waals surface area contributed by atoms with Crippen molar-refractivity contribution < 1.29 is 12.9 Å². The lowest BCUT2D eigenvalue weighted by Gasteiger charge is -2.30. The van der Waals surface area contributed by atoms with Crippen molar-refractivity contribution in [3.8, 4) is 0 Å². The fraction of sp³-hybridized carbons (Fsp3) is 0.556. The third-order valence-corrected chi connectivity index (χ3v) is 7.83. The van der Waals surface area contributed by atoms with Crippen LogP contribution in [0.15, 0.2) is 21.6 Å². The summed E-state index contributed by atoms with van der Waals surface area (Å²) in [5.74, 6) is 1.85. The lowest BCUT2D eigenvalue weighted by atomic mass is 9.97. The highest BCUT2D eigenvalue weighted by Gasteiger charge is 2.35. The largest absolute Gasteiger partial charge is 0.360 e. The van der Waals surface area contributed by atoms with Gasteiger partial charge in [-0.05, 0) is 51.7 Å². The van der Waals surface area contributed by atoms with Gasteiger partial charge in [-0.2, -0.15) is 13.9 Å². The van der Waals surface area contributed by atoms with E-state index in [1.54, 1.807) is 13.8 Å². The van der Waals surface area contributed by atoms with Crippen molar-refractivity contribution in [3.63, 3.8) is 0 Å². The predicted molar refractivity (Wildman–Crippen MR) is 99.5 cm³/mol. The Kier molecular flexibility index (Phi) is 4.02. The van der Waals surface area contributed by atoms with Crippen LogP contribution in [-0.2, 0) is 10.0 Å². The van der Waals surface area contributed by atoms with Crippen molar-refractivity contribution >= 4 is 15.7 Å². The van der Waals surface area contributed by atoms with Crippen LogP contribution in [0.2, 0.25) is 0 Å². The lowest BCUT2D eigenvalue weighted by molar-refractivity contribution is 0.310. The maximum atomic E-state index is 13.0. The monoisotopic (exact) mass is 402 g/mol. The van der Waals surface area contributed by atoms with Gasteiger partial charge >= 0.3 is 0 Å².